The Balaban J connectivity index is 1.70. The molecule has 1 unspecified atom stereocenters. The average molecular weight is 272 g/mol. The minimum absolute atomic E-state index is 0.228. The lowest BCUT2D eigenvalue weighted by Crippen LogP contribution is -2.24. The number of hydrogen-bond donors (Lipinski definition) is 1. The summed E-state index contributed by atoms with van der Waals surface area (Å²) < 4.78 is 1.91. The molecule has 2 heterocycles. The van der Waals surface area contributed by atoms with Crippen molar-refractivity contribution in [3.05, 3.63) is 23.8 Å². The van der Waals surface area contributed by atoms with Gasteiger partial charge in [0.05, 0.1) is 17.1 Å². The monoisotopic (exact) mass is 272 g/mol. The van der Waals surface area contributed by atoms with Gasteiger partial charge in [-0.3, -0.25) is 4.90 Å². The van der Waals surface area contributed by atoms with Crippen molar-refractivity contribution >= 4 is 17.0 Å². The maximum Gasteiger partial charge on any atom is 0.338 e. The van der Waals surface area contributed by atoms with Crippen molar-refractivity contribution in [2.24, 2.45) is 0 Å². The maximum atomic E-state index is 11.2. The Kier molecular flexibility index (Phi) is 2.53. The van der Waals surface area contributed by atoms with E-state index in [1.807, 2.05) is 10.7 Å². The minimum atomic E-state index is -0.950. The topological polar surface area (TPSA) is 71.2 Å². The van der Waals surface area contributed by atoms with Crippen LogP contribution in [0.5, 0.6) is 0 Å². The van der Waals surface area contributed by atoms with E-state index in [4.69, 9.17) is 0 Å². The van der Waals surface area contributed by atoms with E-state index in [1.54, 1.807) is 12.1 Å². The van der Waals surface area contributed by atoms with Gasteiger partial charge in [-0.2, -0.15) is 0 Å². The third-order valence-electron chi connectivity index (χ3n) is 4.34. The fraction of sp³-hybridized carbons (Fsp3) is 0.500. The zero-order valence-corrected chi connectivity index (χ0v) is 11.1. The van der Waals surface area contributed by atoms with Crippen LogP contribution in [0.4, 0.5) is 0 Å². The predicted molar refractivity (Wildman–Crippen MR) is 72.7 cm³/mol. The van der Waals surface area contributed by atoms with Crippen LogP contribution in [-0.2, 0) is 0 Å². The molecule has 2 aliphatic rings. The van der Waals surface area contributed by atoms with Gasteiger partial charge in [0.1, 0.15) is 5.52 Å². The summed E-state index contributed by atoms with van der Waals surface area (Å²) in [6, 6.07) is 6.32. The van der Waals surface area contributed by atoms with Crippen molar-refractivity contribution in [1.29, 1.82) is 0 Å². The van der Waals surface area contributed by atoms with Crippen molar-refractivity contribution in [2.45, 2.75) is 31.3 Å². The second-order valence-electron chi connectivity index (χ2n) is 5.68. The molecule has 0 amide bonds. The molecule has 0 radical (unpaired) electrons. The fourth-order valence-corrected chi connectivity index (χ4v) is 3.14. The third-order valence-corrected chi connectivity index (χ3v) is 4.34. The number of hydrogen-bond acceptors (Lipinski definition) is 4. The van der Waals surface area contributed by atoms with Gasteiger partial charge in [0.15, 0.2) is 0 Å². The highest BCUT2D eigenvalue weighted by Gasteiger charge is 2.35. The quantitative estimate of drug-likeness (QED) is 0.917. The second kappa shape index (κ2) is 4.28. The molecule has 6 nitrogen and oxygen atoms in total. The minimum Gasteiger partial charge on any atom is -0.478 e. The van der Waals surface area contributed by atoms with Crippen LogP contribution in [0, 0.1) is 0 Å². The molecule has 0 spiro atoms. The van der Waals surface area contributed by atoms with Crippen molar-refractivity contribution in [3.63, 3.8) is 0 Å². The third kappa shape index (κ3) is 1.79. The first kappa shape index (κ1) is 11.8. The molecule has 1 saturated heterocycles. The van der Waals surface area contributed by atoms with Gasteiger partial charge in [0.2, 0.25) is 0 Å². The molecule has 2 fully saturated rings. The lowest BCUT2D eigenvalue weighted by Gasteiger charge is -2.15. The lowest BCUT2D eigenvalue weighted by atomic mass is 10.1. The number of nitrogens with zero attached hydrogens (tertiary/aromatic N) is 4. The highest BCUT2D eigenvalue weighted by molar-refractivity contribution is 6.00. The molecular formula is C14H16N4O2. The second-order valence-corrected chi connectivity index (χ2v) is 5.68. The molecule has 1 atom stereocenters. The van der Waals surface area contributed by atoms with E-state index >= 15 is 0 Å². The molecule has 1 N–H and O–H groups in total. The van der Waals surface area contributed by atoms with E-state index in [9.17, 15) is 9.90 Å². The molecule has 1 saturated carbocycles. The molecule has 4 rings (SSSR count). The Labute approximate surface area is 116 Å². The standard InChI is InChI=1S/C14H16N4O2/c19-14(20)11-2-1-3-12-13(11)15-16-18(12)10-6-7-17(8-10)9-4-5-9/h1-3,9-10H,4-8H2,(H,19,20). The molecule has 1 aromatic carbocycles. The van der Waals surface area contributed by atoms with E-state index in [2.05, 4.69) is 15.2 Å². The van der Waals surface area contributed by atoms with Gasteiger partial charge in [0.25, 0.3) is 0 Å². The SMILES string of the molecule is O=C(O)c1cccc2c1nnn2C1CCN(C2CC2)C1. The highest BCUT2D eigenvalue weighted by atomic mass is 16.4. The first-order valence-electron chi connectivity index (χ1n) is 7.05. The number of benzene rings is 1. The number of aromatic nitrogens is 3. The number of fused-ring (bicyclic) bond motifs is 1. The Morgan fingerprint density at radius 1 is 1.25 bits per heavy atom. The van der Waals surface area contributed by atoms with Crippen molar-refractivity contribution < 1.29 is 9.90 Å². The smallest absolute Gasteiger partial charge is 0.338 e. The number of carboxylic acid groups (broad SMARTS) is 1. The first-order chi connectivity index (χ1) is 9.74. The van der Waals surface area contributed by atoms with E-state index in [1.165, 1.54) is 12.8 Å². The van der Waals surface area contributed by atoms with Crippen LogP contribution < -0.4 is 0 Å². The summed E-state index contributed by atoms with van der Waals surface area (Å²) in [5.41, 5.74) is 1.54. The molecule has 20 heavy (non-hydrogen) atoms. The van der Waals surface area contributed by atoms with E-state index in [0.717, 1.165) is 31.1 Å². The Morgan fingerprint density at radius 3 is 2.85 bits per heavy atom. The molecule has 1 aromatic heterocycles. The zero-order valence-electron chi connectivity index (χ0n) is 11.1. The van der Waals surface area contributed by atoms with E-state index in [0.29, 0.717) is 11.6 Å². The number of carboxylic acids is 1. The van der Waals surface area contributed by atoms with Crippen LogP contribution in [-0.4, -0.2) is 50.1 Å². The fourth-order valence-electron chi connectivity index (χ4n) is 3.14. The summed E-state index contributed by atoms with van der Waals surface area (Å²) in [4.78, 5) is 13.7. The normalized spacial score (nSPS) is 23.5. The van der Waals surface area contributed by atoms with Crippen molar-refractivity contribution in [1.82, 2.24) is 19.9 Å². The van der Waals surface area contributed by atoms with E-state index in [-0.39, 0.29) is 5.56 Å². The van der Waals surface area contributed by atoms with Crippen LogP contribution in [0.15, 0.2) is 18.2 Å². The largest absolute Gasteiger partial charge is 0.478 e. The Bertz CT molecular complexity index is 677. The number of aromatic carboxylic acids is 1. The summed E-state index contributed by atoms with van der Waals surface area (Å²) in [7, 11) is 0. The van der Waals surface area contributed by atoms with Gasteiger partial charge < -0.3 is 5.11 Å². The van der Waals surface area contributed by atoms with Crippen LogP contribution in [0.3, 0.4) is 0 Å². The first-order valence-corrected chi connectivity index (χ1v) is 7.05. The Hall–Kier alpha value is -1.95. The number of likely N-dealkylation sites (tertiary alicyclic amines) is 1. The molecule has 0 bridgehead atoms. The van der Waals surface area contributed by atoms with Crippen LogP contribution in [0.25, 0.3) is 11.0 Å². The molecule has 2 aromatic rings. The summed E-state index contributed by atoms with van der Waals surface area (Å²) in [5, 5.41) is 17.5. The van der Waals surface area contributed by atoms with Crippen molar-refractivity contribution in [3.8, 4) is 0 Å². The zero-order chi connectivity index (χ0) is 13.7. The lowest BCUT2D eigenvalue weighted by molar-refractivity contribution is 0.0699. The van der Waals surface area contributed by atoms with Gasteiger partial charge in [-0.05, 0) is 31.4 Å². The molecule has 1 aliphatic heterocycles. The van der Waals surface area contributed by atoms with Crippen LogP contribution >= 0.6 is 0 Å². The summed E-state index contributed by atoms with van der Waals surface area (Å²) in [6.07, 6.45) is 3.69. The molecular weight excluding hydrogens is 256 g/mol. The Morgan fingerprint density at radius 2 is 2.10 bits per heavy atom. The number of rotatable bonds is 3. The highest BCUT2D eigenvalue weighted by Crippen LogP contribution is 2.34. The molecule has 1 aliphatic carbocycles. The summed E-state index contributed by atoms with van der Waals surface area (Å²) >= 11 is 0. The number of carbonyl (C=O) groups is 1. The van der Waals surface area contributed by atoms with E-state index < -0.39 is 5.97 Å². The molecule has 104 valence electrons. The van der Waals surface area contributed by atoms with Gasteiger partial charge in [-0.1, -0.05) is 11.3 Å². The summed E-state index contributed by atoms with van der Waals surface area (Å²) in [5.74, 6) is -0.950. The van der Waals surface area contributed by atoms with Gasteiger partial charge in [0, 0.05) is 19.1 Å². The van der Waals surface area contributed by atoms with Crippen LogP contribution in [0.2, 0.25) is 0 Å². The predicted octanol–water partition coefficient (Wildman–Crippen LogP) is 1.54. The maximum absolute atomic E-state index is 11.2. The van der Waals surface area contributed by atoms with Gasteiger partial charge in [-0.25, -0.2) is 9.48 Å². The summed E-state index contributed by atoms with van der Waals surface area (Å²) in [6.45, 7) is 2.11. The van der Waals surface area contributed by atoms with Gasteiger partial charge in [-0.15, -0.1) is 5.10 Å². The molecule has 6 heteroatoms. The van der Waals surface area contributed by atoms with Crippen molar-refractivity contribution in [2.75, 3.05) is 13.1 Å². The van der Waals surface area contributed by atoms with Gasteiger partial charge >= 0.3 is 5.97 Å². The van der Waals surface area contributed by atoms with Crippen LogP contribution in [0.1, 0.15) is 35.7 Å². The average Bonchev–Trinajstić information content (AvgIpc) is 3.01.